The number of hydrogen-bond acceptors (Lipinski definition) is 4. The van der Waals surface area contributed by atoms with Gasteiger partial charge in [0.2, 0.25) is 5.44 Å². The van der Waals surface area contributed by atoms with E-state index in [-0.39, 0.29) is 0 Å². The number of hydrogen-bond donors (Lipinski definition) is 0. The van der Waals surface area contributed by atoms with E-state index in [0.29, 0.717) is 11.4 Å². The molecule has 0 N–H and O–H groups in total. The Bertz CT molecular complexity index is 483. The Morgan fingerprint density at radius 2 is 2.07 bits per heavy atom. The number of nitrogens with zero attached hydrogens (tertiary/aromatic N) is 1. The number of benzene rings is 1. The zero-order valence-electron chi connectivity index (χ0n) is 6.92. The fraction of sp³-hybridized carbons (Fsp3) is 0.125. The van der Waals surface area contributed by atoms with Gasteiger partial charge in [-0.2, -0.15) is 0 Å². The zero-order chi connectivity index (χ0) is 10.2. The van der Waals surface area contributed by atoms with Crippen LogP contribution in [0.2, 0.25) is 0 Å². The summed E-state index contributed by atoms with van der Waals surface area (Å²) in [5, 5.41) is 0. The number of fused-ring (bicyclic) bond motifs is 1. The third-order valence-corrected chi connectivity index (χ3v) is 3.02. The van der Waals surface area contributed by atoms with Gasteiger partial charge in [0, 0.05) is 10.7 Å². The van der Waals surface area contributed by atoms with Crippen LogP contribution in [0, 0.1) is 0 Å². The minimum Gasteiger partial charge on any atom is -0.465 e. The Morgan fingerprint density at radius 3 is 2.79 bits per heavy atom. The lowest BCUT2D eigenvalue weighted by molar-refractivity contribution is 0.335. The summed E-state index contributed by atoms with van der Waals surface area (Å²) in [6.07, 6.45) is 1.17. The van der Waals surface area contributed by atoms with Crippen LogP contribution in [0.1, 0.15) is 0 Å². The first-order valence-electron chi connectivity index (χ1n) is 3.81. The van der Waals surface area contributed by atoms with E-state index in [9.17, 15) is 8.42 Å². The molecule has 0 bridgehead atoms. The Kier molecular flexibility index (Phi) is 2.20. The Morgan fingerprint density at radius 1 is 1.36 bits per heavy atom. The molecule has 1 aliphatic rings. The lowest BCUT2D eigenvalue weighted by Gasteiger charge is -2.17. The summed E-state index contributed by atoms with van der Waals surface area (Å²) in [5.41, 5.74) is -0.594. The maximum absolute atomic E-state index is 10.9. The number of para-hydroxylation sites is 2. The quantitative estimate of drug-likeness (QED) is 0.691. The minimum absolute atomic E-state index is 0.421. The van der Waals surface area contributed by atoms with Gasteiger partial charge in [-0.15, -0.1) is 0 Å². The van der Waals surface area contributed by atoms with E-state index in [2.05, 4.69) is 4.99 Å². The number of ether oxygens (including phenoxy) is 1. The maximum Gasteiger partial charge on any atom is 0.275 e. The molecule has 1 aromatic carbocycles. The first-order valence-corrected chi connectivity index (χ1v) is 6.18. The second-order valence-corrected chi connectivity index (χ2v) is 5.41. The van der Waals surface area contributed by atoms with Crippen LogP contribution in [0.3, 0.4) is 0 Å². The SMILES string of the molecule is O=S(=O)(Cl)C1C=Nc2ccccc2O1. The predicted molar refractivity (Wildman–Crippen MR) is 53.8 cm³/mol. The Hall–Kier alpha value is -1.07. The molecule has 1 aromatic rings. The van der Waals surface area contributed by atoms with Crippen LogP contribution in [0.4, 0.5) is 5.69 Å². The standard InChI is InChI=1S/C8H6ClNO3S/c9-14(11,12)8-5-10-6-3-1-2-4-7(6)13-8/h1-5,8H. The molecule has 0 spiro atoms. The summed E-state index contributed by atoms with van der Waals surface area (Å²) in [6, 6.07) is 6.89. The maximum atomic E-state index is 10.9. The van der Waals surface area contributed by atoms with E-state index in [0.717, 1.165) is 0 Å². The first-order chi connectivity index (χ1) is 6.57. The van der Waals surface area contributed by atoms with Crippen molar-refractivity contribution in [2.75, 3.05) is 0 Å². The van der Waals surface area contributed by atoms with Crippen LogP contribution in [-0.4, -0.2) is 20.1 Å². The van der Waals surface area contributed by atoms with E-state index in [4.69, 9.17) is 15.4 Å². The zero-order valence-corrected chi connectivity index (χ0v) is 8.49. The van der Waals surface area contributed by atoms with Crippen molar-refractivity contribution in [3.63, 3.8) is 0 Å². The third-order valence-electron chi connectivity index (χ3n) is 1.72. The van der Waals surface area contributed by atoms with Crippen molar-refractivity contribution >= 4 is 31.6 Å². The van der Waals surface area contributed by atoms with Crippen molar-refractivity contribution in [1.82, 2.24) is 0 Å². The van der Waals surface area contributed by atoms with Gasteiger partial charge >= 0.3 is 0 Å². The van der Waals surface area contributed by atoms with Gasteiger partial charge in [0.05, 0.1) is 6.21 Å². The molecule has 6 heteroatoms. The highest BCUT2D eigenvalue weighted by atomic mass is 35.7. The van der Waals surface area contributed by atoms with Crippen LogP contribution in [0.5, 0.6) is 5.75 Å². The molecule has 2 rings (SSSR count). The van der Waals surface area contributed by atoms with Crippen LogP contribution >= 0.6 is 10.7 Å². The highest BCUT2D eigenvalue weighted by Gasteiger charge is 2.26. The van der Waals surface area contributed by atoms with Crippen LogP contribution < -0.4 is 4.74 Å². The molecule has 1 heterocycles. The molecule has 1 aliphatic heterocycles. The highest BCUT2D eigenvalue weighted by Crippen LogP contribution is 2.31. The molecule has 0 radical (unpaired) electrons. The molecular formula is C8H6ClNO3S. The third kappa shape index (κ3) is 1.73. The summed E-state index contributed by atoms with van der Waals surface area (Å²) >= 11 is 0. The van der Waals surface area contributed by atoms with Gasteiger partial charge in [-0.25, -0.2) is 8.42 Å². The average molecular weight is 232 g/mol. The van der Waals surface area contributed by atoms with Gasteiger partial charge in [0.15, 0.2) is 0 Å². The summed E-state index contributed by atoms with van der Waals surface area (Å²) < 4.78 is 27.0. The molecular weight excluding hydrogens is 226 g/mol. The molecule has 4 nitrogen and oxygen atoms in total. The van der Waals surface area contributed by atoms with Crippen molar-refractivity contribution < 1.29 is 13.2 Å². The molecule has 14 heavy (non-hydrogen) atoms. The van der Waals surface area contributed by atoms with Gasteiger partial charge in [-0.1, -0.05) is 12.1 Å². The molecule has 0 amide bonds. The monoisotopic (exact) mass is 231 g/mol. The molecule has 0 aliphatic carbocycles. The van der Waals surface area contributed by atoms with Gasteiger partial charge in [-0.05, 0) is 12.1 Å². The van der Waals surface area contributed by atoms with Gasteiger partial charge in [0.1, 0.15) is 11.4 Å². The molecule has 0 saturated heterocycles. The Labute approximate surface area is 85.6 Å². The van der Waals surface area contributed by atoms with Crippen molar-refractivity contribution in [1.29, 1.82) is 0 Å². The summed E-state index contributed by atoms with van der Waals surface area (Å²) in [6.45, 7) is 0. The van der Waals surface area contributed by atoms with Gasteiger partial charge in [0.25, 0.3) is 9.05 Å². The van der Waals surface area contributed by atoms with E-state index in [1.807, 2.05) is 0 Å². The molecule has 0 aromatic heterocycles. The average Bonchev–Trinajstić information content (AvgIpc) is 2.16. The largest absolute Gasteiger partial charge is 0.465 e. The number of rotatable bonds is 1. The summed E-state index contributed by atoms with van der Waals surface area (Å²) in [7, 11) is 1.37. The smallest absolute Gasteiger partial charge is 0.275 e. The first kappa shape index (κ1) is 9.48. The fourth-order valence-electron chi connectivity index (χ4n) is 1.09. The fourth-order valence-corrected chi connectivity index (χ4v) is 1.76. The number of halogens is 1. The molecule has 0 fully saturated rings. The topological polar surface area (TPSA) is 55.7 Å². The van der Waals surface area contributed by atoms with Crippen LogP contribution in [0.25, 0.3) is 0 Å². The van der Waals surface area contributed by atoms with E-state index in [1.165, 1.54) is 6.21 Å². The molecule has 1 atom stereocenters. The van der Waals surface area contributed by atoms with E-state index < -0.39 is 14.5 Å². The van der Waals surface area contributed by atoms with E-state index >= 15 is 0 Å². The van der Waals surface area contributed by atoms with Gasteiger partial charge < -0.3 is 4.74 Å². The highest BCUT2D eigenvalue weighted by molar-refractivity contribution is 8.14. The summed E-state index contributed by atoms with van der Waals surface area (Å²) in [4.78, 5) is 3.93. The van der Waals surface area contributed by atoms with Crippen LogP contribution in [0.15, 0.2) is 29.3 Å². The number of aliphatic imine (C=N–C) groups is 1. The van der Waals surface area contributed by atoms with Crippen molar-refractivity contribution in [2.24, 2.45) is 4.99 Å². The second kappa shape index (κ2) is 3.25. The Balaban J connectivity index is 2.40. The van der Waals surface area contributed by atoms with Crippen molar-refractivity contribution in [3.8, 4) is 5.75 Å². The lowest BCUT2D eigenvalue weighted by Crippen LogP contribution is -2.26. The molecule has 0 saturated carbocycles. The molecule has 74 valence electrons. The van der Waals surface area contributed by atoms with Crippen molar-refractivity contribution in [2.45, 2.75) is 5.44 Å². The van der Waals surface area contributed by atoms with E-state index in [1.54, 1.807) is 24.3 Å². The second-order valence-electron chi connectivity index (χ2n) is 2.71. The lowest BCUT2D eigenvalue weighted by atomic mass is 10.3. The minimum atomic E-state index is -3.77. The predicted octanol–water partition coefficient (Wildman–Crippen LogP) is 1.68. The van der Waals surface area contributed by atoms with Crippen molar-refractivity contribution in [3.05, 3.63) is 24.3 Å². The van der Waals surface area contributed by atoms with Gasteiger partial charge in [-0.3, -0.25) is 4.99 Å². The summed E-state index contributed by atoms with van der Waals surface area (Å²) in [5.74, 6) is 0.421. The van der Waals surface area contributed by atoms with Crippen LogP contribution in [-0.2, 0) is 9.05 Å². The normalized spacial score (nSPS) is 19.9. The molecule has 1 unspecified atom stereocenters.